The lowest BCUT2D eigenvalue weighted by atomic mass is 10.2. The molecule has 5 heteroatoms. The Hall–Kier alpha value is -1.62. The summed E-state index contributed by atoms with van der Waals surface area (Å²) >= 11 is 3.47. The van der Waals surface area contributed by atoms with Crippen molar-refractivity contribution in [1.29, 1.82) is 0 Å². The van der Waals surface area contributed by atoms with E-state index in [0.29, 0.717) is 0 Å². The molecule has 2 rings (SSSR count). The quantitative estimate of drug-likeness (QED) is 0.911. The van der Waals surface area contributed by atoms with E-state index in [-0.39, 0.29) is 0 Å². The van der Waals surface area contributed by atoms with Crippen LogP contribution in [-0.4, -0.2) is 17.0 Å². The zero-order valence-electron chi connectivity index (χ0n) is 9.66. The largest absolute Gasteiger partial charge is 0.372 e. The van der Waals surface area contributed by atoms with Gasteiger partial charge in [0.25, 0.3) is 0 Å². The van der Waals surface area contributed by atoms with Crippen LogP contribution >= 0.6 is 15.9 Å². The van der Waals surface area contributed by atoms with Gasteiger partial charge in [-0.15, -0.1) is 0 Å². The van der Waals surface area contributed by atoms with E-state index >= 15 is 0 Å². The molecule has 2 N–H and O–H groups in total. The van der Waals surface area contributed by atoms with Gasteiger partial charge < -0.3 is 10.6 Å². The maximum absolute atomic E-state index is 4.20. The molecule has 0 saturated carbocycles. The Morgan fingerprint density at radius 1 is 1.18 bits per heavy atom. The molecule has 0 atom stereocenters. The fourth-order valence-corrected chi connectivity index (χ4v) is 1.99. The van der Waals surface area contributed by atoms with E-state index in [1.165, 1.54) is 11.9 Å². The molecule has 0 fully saturated rings. The zero-order chi connectivity index (χ0) is 12.3. The molecule has 0 unspecified atom stereocenters. The standard InChI is InChI=1S/C12H13BrN4/c1-8-4-3-5-9(6-8)17-12-10(13)11(14-2)15-7-16-12/h3-7H,1-2H3,(H2,14,15,16,17). The Bertz CT molecular complexity index is 528. The number of benzene rings is 1. The van der Waals surface area contributed by atoms with E-state index in [0.717, 1.165) is 21.8 Å². The fourth-order valence-electron chi connectivity index (χ4n) is 1.49. The smallest absolute Gasteiger partial charge is 0.150 e. The summed E-state index contributed by atoms with van der Waals surface area (Å²) in [6, 6.07) is 8.12. The average molecular weight is 293 g/mol. The van der Waals surface area contributed by atoms with E-state index in [4.69, 9.17) is 0 Å². The third kappa shape index (κ3) is 2.74. The summed E-state index contributed by atoms with van der Waals surface area (Å²) in [7, 11) is 1.82. The second-order valence-electron chi connectivity index (χ2n) is 3.63. The summed E-state index contributed by atoms with van der Waals surface area (Å²) in [5.74, 6) is 1.50. The van der Waals surface area contributed by atoms with Crippen LogP contribution in [0.25, 0.3) is 0 Å². The maximum Gasteiger partial charge on any atom is 0.150 e. The van der Waals surface area contributed by atoms with Gasteiger partial charge in [0.15, 0.2) is 0 Å². The molecule has 2 aromatic rings. The first-order chi connectivity index (χ1) is 8.20. The van der Waals surface area contributed by atoms with Gasteiger partial charge in [-0.25, -0.2) is 9.97 Å². The first-order valence-corrected chi connectivity index (χ1v) is 6.02. The summed E-state index contributed by atoms with van der Waals surface area (Å²) < 4.78 is 0.823. The number of halogens is 1. The van der Waals surface area contributed by atoms with Gasteiger partial charge in [-0.05, 0) is 40.5 Å². The number of rotatable bonds is 3. The molecule has 0 aliphatic rings. The highest BCUT2D eigenvalue weighted by molar-refractivity contribution is 9.10. The van der Waals surface area contributed by atoms with Gasteiger partial charge in [0.2, 0.25) is 0 Å². The van der Waals surface area contributed by atoms with Crippen LogP contribution in [0.2, 0.25) is 0 Å². The summed E-state index contributed by atoms with van der Waals surface area (Å²) in [4.78, 5) is 8.31. The minimum absolute atomic E-state index is 0.745. The lowest BCUT2D eigenvalue weighted by molar-refractivity contribution is 1.14. The van der Waals surface area contributed by atoms with Crippen molar-refractivity contribution in [2.24, 2.45) is 0 Å². The number of hydrogen-bond donors (Lipinski definition) is 2. The summed E-state index contributed by atoms with van der Waals surface area (Å²) in [6.07, 6.45) is 1.52. The highest BCUT2D eigenvalue weighted by atomic mass is 79.9. The Morgan fingerprint density at radius 3 is 2.65 bits per heavy atom. The highest BCUT2D eigenvalue weighted by Gasteiger charge is 2.07. The summed E-state index contributed by atoms with van der Waals surface area (Å²) in [5, 5.41) is 6.24. The minimum atomic E-state index is 0.745. The van der Waals surface area contributed by atoms with Crippen LogP contribution in [0.1, 0.15) is 5.56 Å². The molecule has 0 bridgehead atoms. The van der Waals surface area contributed by atoms with Crippen molar-refractivity contribution in [2.75, 3.05) is 17.7 Å². The monoisotopic (exact) mass is 292 g/mol. The second kappa shape index (κ2) is 5.14. The molecule has 17 heavy (non-hydrogen) atoms. The Balaban J connectivity index is 2.30. The molecule has 0 saturated heterocycles. The number of aryl methyl sites for hydroxylation is 1. The van der Waals surface area contributed by atoms with Gasteiger partial charge in [-0.2, -0.15) is 0 Å². The van der Waals surface area contributed by atoms with Crippen LogP contribution in [0.4, 0.5) is 17.3 Å². The Labute approximate surface area is 109 Å². The average Bonchev–Trinajstić information content (AvgIpc) is 2.32. The van der Waals surface area contributed by atoms with Gasteiger partial charge in [-0.3, -0.25) is 0 Å². The fraction of sp³-hybridized carbons (Fsp3) is 0.167. The predicted molar refractivity (Wildman–Crippen MR) is 73.7 cm³/mol. The number of nitrogens with one attached hydrogen (secondary N) is 2. The van der Waals surface area contributed by atoms with Crippen LogP contribution in [0.3, 0.4) is 0 Å². The molecule has 1 aromatic carbocycles. The Kier molecular flexibility index (Phi) is 3.58. The first-order valence-electron chi connectivity index (χ1n) is 5.22. The number of anilines is 3. The molecule has 1 heterocycles. The van der Waals surface area contributed by atoms with Gasteiger partial charge in [-0.1, -0.05) is 12.1 Å². The van der Waals surface area contributed by atoms with E-state index in [2.05, 4.69) is 55.6 Å². The summed E-state index contributed by atoms with van der Waals surface area (Å²) in [6.45, 7) is 2.05. The summed E-state index contributed by atoms with van der Waals surface area (Å²) in [5.41, 5.74) is 2.21. The predicted octanol–water partition coefficient (Wildman–Crippen LogP) is 3.33. The maximum atomic E-state index is 4.20. The highest BCUT2D eigenvalue weighted by Crippen LogP contribution is 2.28. The minimum Gasteiger partial charge on any atom is -0.372 e. The Morgan fingerprint density at radius 2 is 1.94 bits per heavy atom. The number of hydrogen-bond acceptors (Lipinski definition) is 4. The molecule has 88 valence electrons. The van der Waals surface area contributed by atoms with Crippen molar-refractivity contribution in [3.63, 3.8) is 0 Å². The molecule has 0 aliphatic heterocycles. The third-order valence-corrected chi connectivity index (χ3v) is 3.06. The first kappa shape index (κ1) is 11.9. The molecule has 0 spiro atoms. The lowest BCUT2D eigenvalue weighted by Crippen LogP contribution is -2.00. The van der Waals surface area contributed by atoms with Crippen LogP contribution < -0.4 is 10.6 Å². The SMILES string of the molecule is CNc1ncnc(Nc2cccc(C)c2)c1Br. The van der Waals surface area contributed by atoms with Crippen LogP contribution in [-0.2, 0) is 0 Å². The van der Waals surface area contributed by atoms with Crippen LogP contribution in [0.5, 0.6) is 0 Å². The van der Waals surface area contributed by atoms with E-state index in [1.54, 1.807) is 0 Å². The normalized spacial score (nSPS) is 10.1. The molecule has 0 amide bonds. The van der Waals surface area contributed by atoms with E-state index in [1.807, 2.05) is 19.2 Å². The van der Waals surface area contributed by atoms with Crippen LogP contribution in [0.15, 0.2) is 35.1 Å². The molecule has 0 aliphatic carbocycles. The van der Waals surface area contributed by atoms with Gasteiger partial charge in [0, 0.05) is 12.7 Å². The van der Waals surface area contributed by atoms with E-state index < -0.39 is 0 Å². The topological polar surface area (TPSA) is 49.8 Å². The van der Waals surface area contributed by atoms with E-state index in [9.17, 15) is 0 Å². The molecule has 1 aromatic heterocycles. The number of nitrogens with zero attached hydrogens (tertiary/aromatic N) is 2. The molecule has 4 nitrogen and oxygen atoms in total. The van der Waals surface area contributed by atoms with Gasteiger partial charge in [0.05, 0.1) is 0 Å². The lowest BCUT2D eigenvalue weighted by Gasteiger charge is -2.10. The van der Waals surface area contributed by atoms with Crippen molar-refractivity contribution >= 4 is 33.3 Å². The van der Waals surface area contributed by atoms with Crippen molar-refractivity contribution in [3.8, 4) is 0 Å². The van der Waals surface area contributed by atoms with Crippen molar-refractivity contribution in [3.05, 3.63) is 40.6 Å². The van der Waals surface area contributed by atoms with Gasteiger partial charge in [0.1, 0.15) is 22.4 Å². The van der Waals surface area contributed by atoms with Crippen molar-refractivity contribution in [1.82, 2.24) is 9.97 Å². The molecular formula is C12H13BrN4. The third-order valence-electron chi connectivity index (χ3n) is 2.31. The van der Waals surface area contributed by atoms with Crippen molar-refractivity contribution in [2.45, 2.75) is 6.92 Å². The van der Waals surface area contributed by atoms with Crippen LogP contribution in [0, 0.1) is 6.92 Å². The second-order valence-corrected chi connectivity index (χ2v) is 4.42. The zero-order valence-corrected chi connectivity index (χ0v) is 11.2. The number of aromatic nitrogens is 2. The molecular weight excluding hydrogens is 280 g/mol. The van der Waals surface area contributed by atoms with Gasteiger partial charge >= 0.3 is 0 Å². The van der Waals surface area contributed by atoms with Crippen molar-refractivity contribution < 1.29 is 0 Å². The molecule has 0 radical (unpaired) electrons.